The number of imidazole rings is 1. The van der Waals surface area contributed by atoms with E-state index in [1.807, 2.05) is 61.7 Å². The maximum atomic E-state index is 11.3. The molecule has 0 radical (unpaired) electrons. The van der Waals surface area contributed by atoms with Gasteiger partial charge in [0.15, 0.2) is 16.1 Å². The summed E-state index contributed by atoms with van der Waals surface area (Å²) in [5.41, 5.74) is -4.24. The molecule has 0 bridgehead atoms. The van der Waals surface area contributed by atoms with Crippen molar-refractivity contribution in [2.45, 2.75) is 26.2 Å². The number of benzene rings is 14. The molecule has 17 rings (SSSR count). The van der Waals surface area contributed by atoms with E-state index in [1.54, 1.807) is 18.3 Å². The van der Waals surface area contributed by atoms with E-state index in [2.05, 4.69) is 18.5 Å². The molecule has 0 N–H and O–H groups in total. The molecule has 0 unspecified atom stereocenters. The fourth-order valence-corrected chi connectivity index (χ4v) is 19.7. The minimum Gasteiger partial charge on any atom is -0.510 e. The average Bonchev–Trinajstić information content (AvgIpc) is 1.55. The van der Waals surface area contributed by atoms with Crippen molar-refractivity contribution in [2.75, 3.05) is 0 Å². The first kappa shape index (κ1) is 32.8. The molecule has 0 spiro atoms. The van der Waals surface area contributed by atoms with Crippen LogP contribution in [-0.4, -0.2) is 30.3 Å². The molecule has 0 atom stereocenters. The summed E-state index contributed by atoms with van der Waals surface area (Å²) in [6, 6.07) is -22.9. The van der Waals surface area contributed by atoms with Crippen molar-refractivity contribution in [3.63, 3.8) is 0 Å². The van der Waals surface area contributed by atoms with Crippen molar-refractivity contribution in [1.82, 2.24) is 14.1 Å². The van der Waals surface area contributed by atoms with Crippen LogP contribution in [0.2, 0.25) is 0 Å². The summed E-state index contributed by atoms with van der Waals surface area (Å²) in [5, 5.41) is -8.91. The Hall–Kier alpha value is -11.6. The minimum absolute atomic E-state index is 0. The van der Waals surface area contributed by atoms with Gasteiger partial charge in [-0.05, 0) is 121 Å². The number of ether oxygens (including phenoxy) is 1. The summed E-state index contributed by atoms with van der Waals surface area (Å²) in [4.78, 5) is 4.80. The molecule has 8 heteroatoms. The summed E-state index contributed by atoms with van der Waals surface area (Å²) >= 11 is 0. The van der Waals surface area contributed by atoms with Crippen LogP contribution in [0, 0.1) is 18.5 Å². The van der Waals surface area contributed by atoms with Gasteiger partial charge in [0.1, 0.15) is 5.82 Å². The van der Waals surface area contributed by atoms with Crippen molar-refractivity contribution in [3.8, 4) is 62.1 Å². The van der Waals surface area contributed by atoms with Crippen molar-refractivity contribution in [1.29, 1.82) is 0 Å². The maximum Gasteiger partial charge on any atom is 0.268 e. The zero-order chi connectivity index (χ0) is 105. The maximum absolute atomic E-state index is 11.3. The van der Waals surface area contributed by atoms with E-state index in [4.69, 9.17) is 22.1 Å². The Bertz CT molecular complexity index is 7780. The summed E-state index contributed by atoms with van der Waals surface area (Å²) in [6.45, 7) is 6.12. The van der Waals surface area contributed by atoms with Gasteiger partial charge in [-0.15, -0.1) is 29.7 Å². The molecule has 102 heavy (non-hydrogen) atoms. The molecule has 3 heterocycles. The van der Waals surface area contributed by atoms with Gasteiger partial charge in [-0.2, -0.15) is 18.2 Å². The van der Waals surface area contributed by atoms with Gasteiger partial charge in [-0.3, -0.25) is 4.57 Å². The average molecular weight is 1570 g/mol. The quantitative estimate of drug-likeness (QED) is 0.0418. The van der Waals surface area contributed by atoms with E-state index in [9.17, 15) is 46.6 Å². The third-order valence-electron chi connectivity index (χ3n) is 17.1. The number of fused-ring (bicyclic) bond motifs is 4. The molecule has 0 amide bonds. The number of nitrogens with zero attached hydrogens (tertiary/aromatic N) is 4. The predicted octanol–water partition coefficient (Wildman–Crippen LogP) is 16.6. The third-order valence-corrected chi connectivity index (χ3v) is 25.1. The van der Waals surface area contributed by atoms with Crippen LogP contribution in [0.1, 0.15) is 85.3 Å². The van der Waals surface area contributed by atoms with Gasteiger partial charge in [0, 0.05) is 44.3 Å². The van der Waals surface area contributed by atoms with Crippen LogP contribution in [0.25, 0.3) is 83.4 Å². The Balaban J connectivity index is 0.0000151. The molecule has 0 aliphatic carbocycles. The first-order valence-electron chi connectivity index (χ1n) is 52.6. The molecule has 0 saturated heterocycles. The number of aromatic nitrogens is 4. The fraction of sp³-hybridized carbons (Fsp3) is 0.0426. The Morgan fingerprint density at radius 1 is 0.412 bits per heavy atom. The Labute approximate surface area is 673 Å². The predicted molar refractivity (Wildman–Crippen MR) is 422 cm³/mol. The van der Waals surface area contributed by atoms with Crippen LogP contribution in [0.3, 0.4) is 0 Å². The van der Waals surface area contributed by atoms with Gasteiger partial charge in [0.05, 0.1) is 75.7 Å². The van der Waals surface area contributed by atoms with Gasteiger partial charge in [-0.25, -0.2) is 4.98 Å². The minimum atomic E-state index is -6.84. The van der Waals surface area contributed by atoms with Gasteiger partial charge in [0.25, 0.3) is 6.33 Å². The normalized spacial score (nSPS) is 17.7. The first-order chi connectivity index (χ1) is 67.6. The van der Waals surface area contributed by atoms with Crippen LogP contribution in [0.15, 0.2) is 369 Å². The number of hydrogen-bond acceptors (Lipinski definition) is 2. The van der Waals surface area contributed by atoms with E-state index >= 15 is 0 Å². The van der Waals surface area contributed by atoms with E-state index < -0.39 is 351 Å². The number of rotatable bonds is 16. The summed E-state index contributed by atoms with van der Waals surface area (Å²) in [5.74, 6) is 0.457. The molecular formula is C94H70N4OPtSi2-2. The summed E-state index contributed by atoms with van der Waals surface area (Å²) in [6.07, 6.45) is 4.88. The molecule has 0 fully saturated rings. The zero-order valence-corrected chi connectivity index (χ0v) is 57.7. The standard InChI is InChI=1S/C94H70N4OSi2.Pt/c1-94(2,3)72-59-60-95-92(64-72)98-88-54-26-25-51-86(88)87-57-56-75(66-90(87)98)99-74-36-29-35-73(65-74)96-67-97(89-58-55-69(63-91(89)96)68-31-11-4-12-32-68)93-84(70-33-27-49-82(61-70)100(76-37-13-5-14-38-76,77-39-15-6-16-40-77)78-41-17-7-18-42-78)52-30-53-85(93)71-34-28-50-83(62-71)101(79-43-19-8-20-44-79,80-45-21-9-22-46-80)81-47-23-10-24-48-81;/h4-64H,1-3H3;/q-2;/i4D,5D,6D,7D,8D,9D,10D,11D,12D,13D,14D,15D,16D,17D,18D,19D,20D,21D,22D,23D,24D,27D,28D,31D,32D,33D,34D,37D,38D,39D,40D,41D,42D,43D,44D,45D,46D,47D,48D,49D,50D,61D,62D;. The molecule has 5 nitrogen and oxygen atoms in total. The van der Waals surface area contributed by atoms with Gasteiger partial charge in [-0.1, -0.05) is 335 Å². The SMILES string of the molecule is [2H]c1c([2H])c([2H])c(-c2ccc3c(c2)n(-c2[c-]c(Oc4[c-]c5c(cc4)c4ccccc4n5-c4cc(C(C)(C)C)ccn4)ccc2)[c-][n+]3-c2c(-c3c([2H])c([2H])c([2H])c([Si](c4c([2H])c([2H])c([2H])c([2H])c4[2H])(c4c([2H])c([2H])c([2H])c([2H])c4[2H])c4c([2H])c([2H])c([2H])c([2H])c4[2H])c3[2H])cccc2-c2c([2H])c([2H])c([2H])c([Si](c3c([2H])c([2H])c([2H])c([2H])c3[2H])(c3c([2H])c([2H])c([2H])c([2H])c3[2H])c3c([2H])c([2H])c([2H])c([2H])c3[2H])c2[2H])c([2H])c1[2H].[Pt]. The smallest absolute Gasteiger partial charge is 0.268 e. The molecule has 0 aliphatic heterocycles. The molecule has 17 aromatic rings. The molecule has 0 aliphatic rings. The van der Waals surface area contributed by atoms with Crippen LogP contribution < -0.4 is 50.8 Å². The second-order valence-corrected chi connectivity index (χ2v) is 30.8. The molecule has 14 aromatic carbocycles. The molecule has 492 valence electrons. The second kappa shape index (κ2) is 27.5. The number of para-hydroxylation sites is 2. The van der Waals surface area contributed by atoms with Crippen LogP contribution in [0.4, 0.5) is 0 Å². The monoisotopic (exact) mass is 1560 g/mol. The van der Waals surface area contributed by atoms with Gasteiger partial charge < -0.3 is 13.9 Å². The zero-order valence-electron chi connectivity index (χ0n) is 96.4. The number of hydrogen-bond donors (Lipinski definition) is 0. The van der Waals surface area contributed by atoms with Crippen LogP contribution in [-0.2, 0) is 26.5 Å². The molecular weight excluding hydrogens is 1450 g/mol. The van der Waals surface area contributed by atoms with Crippen molar-refractivity contribution in [2.24, 2.45) is 0 Å². The largest absolute Gasteiger partial charge is 0.510 e. The Kier molecular flexibility index (Phi) is 8.85. The number of pyridine rings is 1. The van der Waals surface area contributed by atoms with E-state index in [0.717, 1.165) is 39.2 Å². The summed E-state index contributed by atoms with van der Waals surface area (Å²) < 4.78 is 428. The topological polar surface area (TPSA) is 35.9 Å². The fourth-order valence-electron chi connectivity index (χ4n) is 12.6. The Morgan fingerprint density at radius 2 is 0.882 bits per heavy atom. The van der Waals surface area contributed by atoms with E-state index in [-0.39, 0.29) is 60.3 Å². The molecule has 0 saturated carbocycles. The van der Waals surface area contributed by atoms with E-state index in [1.165, 1.54) is 41.0 Å². The van der Waals surface area contributed by atoms with E-state index in [0.29, 0.717) is 16.7 Å². The van der Waals surface area contributed by atoms with Crippen molar-refractivity contribution in [3.05, 3.63) is 393 Å². The van der Waals surface area contributed by atoms with Crippen molar-refractivity contribution < 1.29 is 89.3 Å². The molecule has 3 aromatic heterocycles. The summed E-state index contributed by atoms with van der Waals surface area (Å²) in [7, 11) is -13.7. The Morgan fingerprint density at radius 3 is 1.40 bits per heavy atom. The van der Waals surface area contributed by atoms with Gasteiger partial charge in [0.2, 0.25) is 0 Å². The van der Waals surface area contributed by atoms with Crippen molar-refractivity contribution >= 4 is 90.5 Å². The van der Waals surface area contributed by atoms with Gasteiger partial charge >= 0.3 is 0 Å². The second-order valence-electron chi connectivity index (χ2n) is 23.8. The third kappa shape index (κ3) is 11.6. The first-order valence-corrected chi connectivity index (χ1v) is 35.1. The van der Waals surface area contributed by atoms with Crippen LogP contribution in [0.5, 0.6) is 11.5 Å². The van der Waals surface area contributed by atoms with Crippen LogP contribution >= 0.6 is 0 Å².